The van der Waals surface area contributed by atoms with Crippen LogP contribution in [0.5, 0.6) is 0 Å². The summed E-state index contributed by atoms with van der Waals surface area (Å²) in [6, 6.07) is 18.9. The van der Waals surface area contributed by atoms with Gasteiger partial charge in [-0.05, 0) is 43.0 Å². The molecule has 0 saturated carbocycles. The predicted octanol–water partition coefficient (Wildman–Crippen LogP) is 3.80. The van der Waals surface area contributed by atoms with E-state index in [4.69, 9.17) is 0 Å². The first-order valence-electron chi connectivity index (χ1n) is 12.4. The van der Waals surface area contributed by atoms with Gasteiger partial charge < -0.3 is 20.4 Å². The molecule has 3 aliphatic rings. The zero-order chi connectivity index (χ0) is 26.2. The van der Waals surface area contributed by atoms with Crippen LogP contribution in [0.3, 0.4) is 0 Å². The Bertz CT molecular complexity index is 1410. The quantitative estimate of drug-likeness (QED) is 0.557. The minimum absolute atomic E-state index is 0.151. The summed E-state index contributed by atoms with van der Waals surface area (Å²) in [6.07, 6.45) is 2.21. The van der Waals surface area contributed by atoms with Crippen molar-refractivity contribution >= 4 is 29.1 Å². The van der Waals surface area contributed by atoms with Crippen LogP contribution >= 0.6 is 0 Å². The second-order valence-electron chi connectivity index (χ2n) is 9.53. The van der Waals surface area contributed by atoms with Crippen molar-refractivity contribution in [3.8, 4) is 0 Å². The van der Waals surface area contributed by atoms with Crippen molar-refractivity contribution in [1.29, 1.82) is 0 Å². The molecule has 4 heterocycles. The van der Waals surface area contributed by atoms with E-state index < -0.39 is 5.54 Å². The minimum atomic E-state index is -0.443. The highest BCUT2D eigenvalue weighted by atomic mass is 19.1. The lowest BCUT2D eigenvalue weighted by atomic mass is 9.79. The van der Waals surface area contributed by atoms with Crippen molar-refractivity contribution < 1.29 is 14.0 Å². The van der Waals surface area contributed by atoms with E-state index in [2.05, 4.69) is 21.6 Å². The molecule has 3 aromatic rings. The van der Waals surface area contributed by atoms with Gasteiger partial charge in [0, 0.05) is 55.2 Å². The van der Waals surface area contributed by atoms with E-state index in [0.717, 1.165) is 34.7 Å². The molecule has 1 saturated heterocycles. The Balaban J connectivity index is 0.00000137. The van der Waals surface area contributed by atoms with Crippen molar-refractivity contribution in [3.63, 3.8) is 0 Å². The Morgan fingerprint density at radius 1 is 0.946 bits per heavy atom. The smallest absolute Gasteiger partial charge is 0.319 e. The van der Waals surface area contributed by atoms with Crippen LogP contribution in [-0.2, 0) is 19.0 Å². The van der Waals surface area contributed by atoms with Crippen LogP contribution in [-0.4, -0.2) is 43.3 Å². The minimum Gasteiger partial charge on any atom is -0.358 e. The number of rotatable bonds is 2. The maximum Gasteiger partial charge on any atom is 0.319 e. The number of amides is 3. The number of carbonyl (C=O) groups is 2. The van der Waals surface area contributed by atoms with E-state index >= 15 is 0 Å². The molecule has 2 aromatic carbocycles. The van der Waals surface area contributed by atoms with Gasteiger partial charge in [-0.3, -0.25) is 18.5 Å². The van der Waals surface area contributed by atoms with E-state index in [9.17, 15) is 18.8 Å². The van der Waals surface area contributed by atoms with Crippen molar-refractivity contribution in [2.45, 2.75) is 24.8 Å². The van der Waals surface area contributed by atoms with Crippen molar-refractivity contribution in [2.24, 2.45) is 7.05 Å². The number of piperidine rings is 1. The lowest BCUT2D eigenvalue weighted by Gasteiger charge is -2.46. The molecule has 8 nitrogen and oxygen atoms in total. The number of aromatic nitrogens is 1. The number of halogens is 1. The summed E-state index contributed by atoms with van der Waals surface area (Å²) in [5, 5.41) is 6.05. The Hall–Kier alpha value is -4.14. The molecule has 0 radical (unpaired) electrons. The molecule has 6 rings (SSSR count). The number of urea groups is 1. The number of anilines is 3. The zero-order valence-corrected chi connectivity index (χ0v) is 21.0. The number of alkyl halides is 1. The molecule has 1 spiro atoms. The predicted molar refractivity (Wildman–Crippen MR) is 142 cm³/mol. The average Bonchev–Trinajstić information content (AvgIpc) is 3.36. The van der Waals surface area contributed by atoms with E-state index in [0.29, 0.717) is 45.2 Å². The van der Waals surface area contributed by atoms with Crippen LogP contribution in [0, 0.1) is 0 Å². The topological polar surface area (TPSA) is 86.7 Å². The SMILES string of the molecule is CF.Cn1c(N2CCC3(CC2)NC(=O)Nc2ccccc23)cc(C(=O)N2CCc3ccccc32)cc1=O. The maximum atomic E-state index is 13.4. The van der Waals surface area contributed by atoms with Gasteiger partial charge >= 0.3 is 6.03 Å². The zero-order valence-electron chi connectivity index (χ0n) is 21.0. The number of para-hydroxylation sites is 2. The monoisotopic (exact) mass is 503 g/mol. The highest BCUT2D eigenvalue weighted by molar-refractivity contribution is 6.07. The molecule has 0 aliphatic carbocycles. The number of hydrogen-bond acceptors (Lipinski definition) is 4. The van der Waals surface area contributed by atoms with Gasteiger partial charge in [-0.25, -0.2) is 4.79 Å². The number of hydrogen-bond donors (Lipinski definition) is 2. The van der Waals surface area contributed by atoms with Gasteiger partial charge in [0.05, 0.1) is 12.7 Å². The van der Waals surface area contributed by atoms with Crippen LogP contribution in [0.15, 0.2) is 65.5 Å². The van der Waals surface area contributed by atoms with Gasteiger partial charge in [0.2, 0.25) is 0 Å². The molecule has 2 N–H and O–H groups in total. The summed E-state index contributed by atoms with van der Waals surface area (Å²) >= 11 is 0. The van der Waals surface area contributed by atoms with Crippen molar-refractivity contribution in [1.82, 2.24) is 9.88 Å². The Labute approximate surface area is 214 Å². The molecule has 1 aromatic heterocycles. The van der Waals surface area contributed by atoms with E-state index in [-0.39, 0.29) is 17.5 Å². The average molecular weight is 504 g/mol. The molecular formula is C28H30FN5O3. The number of nitrogens with one attached hydrogen (secondary N) is 2. The van der Waals surface area contributed by atoms with E-state index in [1.807, 2.05) is 48.5 Å². The summed E-state index contributed by atoms with van der Waals surface area (Å²) in [5.74, 6) is 0.568. The fraction of sp³-hybridized carbons (Fsp3) is 0.321. The van der Waals surface area contributed by atoms with Gasteiger partial charge in [0.1, 0.15) is 5.82 Å². The molecule has 3 aliphatic heterocycles. The first kappa shape index (κ1) is 24.5. The first-order valence-corrected chi connectivity index (χ1v) is 12.4. The number of fused-ring (bicyclic) bond motifs is 3. The number of pyridine rings is 1. The summed E-state index contributed by atoms with van der Waals surface area (Å²) in [6.45, 7) is 1.90. The van der Waals surface area contributed by atoms with Crippen LogP contribution in [0.4, 0.5) is 26.4 Å². The molecule has 9 heteroatoms. The third-order valence-corrected chi connectivity index (χ3v) is 7.60. The molecule has 192 valence electrons. The lowest BCUT2D eigenvalue weighted by Crippen LogP contribution is -2.57. The fourth-order valence-corrected chi connectivity index (χ4v) is 5.71. The first-order chi connectivity index (χ1) is 17.9. The summed E-state index contributed by atoms with van der Waals surface area (Å²) < 4.78 is 11.1. The number of benzene rings is 2. The van der Waals surface area contributed by atoms with Crippen LogP contribution in [0.1, 0.15) is 34.3 Å². The van der Waals surface area contributed by atoms with Crippen LogP contribution < -0.4 is 26.0 Å². The molecule has 3 amide bonds. The van der Waals surface area contributed by atoms with Crippen molar-refractivity contribution in [2.75, 3.05) is 41.9 Å². The second kappa shape index (κ2) is 9.72. The van der Waals surface area contributed by atoms with E-state index in [1.54, 1.807) is 16.5 Å². The Morgan fingerprint density at radius 3 is 2.43 bits per heavy atom. The summed E-state index contributed by atoms with van der Waals surface area (Å²) in [4.78, 5) is 42.6. The summed E-state index contributed by atoms with van der Waals surface area (Å²) in [5.41, 5.74) is 3.75. The van der Waals surface area contributed by atoms with Gasteiger partial charge in [-0.2, -0.15) is 0 Å². The molecule has 0 unspecified atom stereocenters. The van der Waals surface area contributed by atoms with Gasteiger partial charge in [-0.1, -0.05) is 36.4 Å². The normalized spacial score (nSPS) is 17.2. The lowest BCUT2D eigenvalue weighted by molar-refractivity contribution is 0.0989. The standard InChI is InChI=1S/C27H27N5O3.CH3F/c1-30-23(16-19(17-24(30)33)25(34)32-13-10-18-6-2-5-9-22(18)32)31-14-11-27(12-15-31)20-7-3-4-8-21(20)28-26(35)29-27;1-2/h2-9,16-17H,10-15H2,1H3,(H2,28,29,35);1H3. The maximum absolute atomic E-state index is 13.4. The Morgan fingerprint density at radius 2 is 1.65 bits per heavy atom. The molecule has 0 atom stereocenters. The van der Waals surface area contributed by atoms with Gasteiger partial charge in [0.15, 0.2) is 0 Å². The fourth-order valence-electron chi connectivity index (χ4n) is 5.71. The van der Waals surface area contributed by atoms with Crippen molar-refractivity contribution in [3.05, 3.63) is 87.7 Å². The summed E-state index contributed by atoms with van der Waals surface area (Å²) in [7, 11) is 2.24. The largest absolute Gasteiger partial charge is 0.358 e. The molecular weight excluding hydrogens is 473 g/mol. The van der Waals surface area contributed by atoms with Crippen LogP contribution in [0.2, 0.25) is 0 Å². The second-order valence-corrected chi connectivity index (χ2v) is 9.53. The van der Waals surface area contributed by atoms with Crippen LogP contribution in [0.25, 0.3) is 0 Å². The number of carbonyl (C=O) groups excluding carboxylic acids is 2. The third-order valence-electron chi connectivity index (χ3n) is 7.60. The molecule has 1 fully saturated rings. The highest BCUT2D eigenvalue weighted by Gasteiger charge is 2.42. The van der Waals surface area contributed by atoms with Gasteiger partial charge in [0.25, 0.3) is 11.5 Å². The molecule has 0 bridgehead atoms. The number of nitrogens with zero attached hydrogens (tertiary/aromatic N) is 3. The Kier molecular flexibility index (Phi) is 6.45. The third kappa shape index (κ3) is 4.24. The molecule has 37 heavy (non-hydrogen) atoms. The highest BCUT2D eigenvalue weighted by Crippen LogP contribution is 2.40. The van der Waals surface area contributed by atoms with Gasteiger partial charge in [-0.15, -0.1) is 0 Å². The van der Waals surface area contributed by atoms with E-state index in [1.165, 1.54) is 6.07 Å².